The van der Waals surface area contributed by atoms with E-state index in [-0.39, 0.29) is 33.9 Å². The van der Waals surface area contributed by atoms with Crippen LogP contribution in [0.25, 0.3) is 0 Å². The van der Waals surface area contributed by atoms with Crippen LogP contribution in [0.5, 0.6) is 0 Å². The topological polar surface area (TPSA) is 80.5 Å². The number of nitrogens with zero attached hydrogens (tertiary/aromatic N) is 1. The maximum absolute atomic E-state index is 13.5. The first-order valence-corrected chi connectivity index (χ1v) is 8.42. The summed E-state index contributed by atoms with van der Waals surface area (Å²) in [5, 5.41) is 4.93. The van der Waals surface area contributed by atoms with Crippen molar-refractivity contribution in [1.82, 2.24) is 0 Å². The Labute approximate surface area is 128 Å². The average molecular weight is 416 g/mol. The molecular formula is C11H11F2IN2O3S. The molecule has 1 heterocycles. The van der Waals surface area contributed by atoms with Crippen LogP contribution in [0.3, 0.4) is 0 Å². The summed E-state index contributed by atoms with van der Waals surface area (Å²) in [4.78, 5) is 13.0. The molecule has 2 N–H and O–H groups in total. The molecule has 110 valence electrons. The average Bonchev–Trinajstić information content (AvgIpc) is 2.63. The van der Waals surface area contributed by atoms with E-state index in [0.29, 0.717) is 0 Å². The summed E-state index contributed by atoms with van der Waals surface area (Å²) in [5.41, 5.74) is 0.0855. The molecule has 0 aliphatic carbocycles. The van der Waals surface area contributed by atoms with Gasteiger partial charge in [0.15, 0.2) is 0 Å². The Balaban J connectivity index is 2.24. The van der Waals surface area contributed by atoms with E-state index in [1.807, 2.05) is 0 Å². The molecule has 0 saturated carbocycles. The number of amides is 1. The normalized spacial score (nSPS) is 19.7. The number of hydrogen-bond acceptors (Lipinski definition) is 3. The molecule has 1 unspecified atom stereocenters. The second-order valence-corrected chi connectivity index (χ2v) is 7.37. The van der Waals surface area contributed by atoms with E-state index in [9.17, 15) is 22.0 Å². The quantitative estimate of drug-likeness (QED) is 0.595. The highest BCUT2D eigenvalue weighted by Gasteiger charge is 2.33. The molecule has 9 heteroatoms. The number of halogens is 3. The summed E-state index contributed by atoms with van der Waals surface area (Å²) >= 11 is 1.53. The van der Waals surface area contributed by atoms with Crippen LogP contribution in [0.4, 0.5) is 14.5 Å². The fraction of sp³-hybridized carbons (Fsp3) is 0.364. The summed E-state index contributed by atoms with van der Waals surface area (Å²) in [6.45, 7) is 0.0781. The number of carbonyl (C=O) groups excluding carboxylic acids is 1. The zero-order valence-electron chi connectivity index (χ0n) is 10.1. The molecule has 1 aromatic carbocycles. The van der Waals surface area contributed by atoms with Crippen molar-refractivity contribution in [3.63, 3.8) is 0 Å². The summed E-state index contributed by atoms with van der Waals surface area (Å²) in [5.74, 6) is -2.70. The summed E-state index contributed by atoms with van der Waals surface area (Å²) in [6.07, 6.45) is -0.00828. The molecule has 20 heavy (non-hydrogen) atoms. The number of carbonyl (C=O) groups is 1. The van der Waals surface area contributed by atoms with Crippen molar-refractivity contribution in [1.29, 1.82) is 0 Å². The van der Waals surface area contributed by atoms with Crippen molar-refractivity contribution >= 4 is 44.2 Å². The highest BCUT2D eigenvalue weighted by Crippen LogP contribution is 2.29. The molecule has 2 rings (SSSR count). The van der Waals surface area contributed by atoms with Gasteiger partial charge in [0, 0.05) is 24.6 Å². The molecule has 5 nitrogen and oxygen atoms in total. The number of anilines is 1. The van der Waals surface area contributed by atoms with E-state index in [2.05, 4.69) is 0 Å². The van der Waals surface area contributed by atoms with Crippen LogP contribution in [0.2, 0.25) is 0 Å². The summed E-state index contributed by atoms with van der Waals surface area (Å²) in [6, 6.07) is 2.12. The number of hydrogen-bond donors (Lipinski definition) is 1. The van der Waals surface area contributed by atoms with Gasteiger partial charge in [-0.3, -0.25) is 4.79 Å². The van der Waals surface area contributed by atoms with Gasteiger partial charge in [0.05, 0.1) is 9.32 Å². The first-order chi connectivity index (χ1) is 9.17. The minimum absolute atomic E-state index is 0.00828. The van der Waals surface area contributed by atoms with Gasteiger partial charge in [0.2, 0.25) is 15.9 Å². The lowest BCUT2D eigenvalue weighted by molar-refractivity contribution is -0.117. The third-order valence-electron chi connectivity index (χ3n) is 2.95. The molecule has 1 amide bonds. The zero-order chi connectivity index (χ0) is 15.1. The zero-order valence-corrected chi connectivity index (χ0v) is 13.1. The summed E-state index contributed by atoms with van der Waals surface area (Å²) < 4.78 is 48.9. The van der Waals surface area contributed by atoms with Crippen LogP contribution in [0.15, 0.2) is 12.1 Å². The Morgan fingerprint density at radius 2 is 1.90 bits per heavy atom. The highest BCUT2D eigenvalue weighted by atomic mass is 127. The van der Waals surface area contributed by atoms with Crippen molar-refractivity contribution < 1.29 is 22.0 Å². The minimum Gasteiger partial charge on any atom is -0.312 e. The highest BCUT2D eigenvalue weighted by molar-refractivity contribution is 14.1. The standard InChI is InChI=1S/C11H11F2IN2O3S/c12-8-2-7(3-9(13)11(8)14)16-4-6(1-10(16)17)5-20(15,18)19/h2-3,6H,1,4-5H2,(H2,15,18,19). The monoisotopic (exact) mass is 416 g/mol. The largest absolute Gasteiger partial charge is 0.312 e. The third-order valence-corrected chi connectivity index (χ3v) is 4.92. The SMILES string of the molecule is NS(=O)(=O)CC1CC(=O)N(c2cc(F)c(I)c(F)c2)C1. The lowest BCUT2D eigenvalue weighted by Gasteiger charge is -2.17. The molecule has 0 bridgehead atoms. The van der Waals surface area contributed by atoms with Gasteiger partial charge in [0.25, 0.3) is 0 Å². The molecule has 1 saturated heterocycles. The molecule has 1 aliphatic heterocycles. The van der Waals surface area contributed by atoms with Crippen molar-refractivity contribution in [2.45, 2.75) is 6.42 Å². The van der Waals surface area contributed by atoms with Crippen LogP contribution in [-0.2, 0) is 14.8 Å². The van der Waals surface area contributed by atoms with E-state index in [4.69, 9.17) is 5.14 Å². The van der Waals surface area contributed by atoms with E-state index < -0.39 is 27.6 Å². The molecule has 0 spiro atoms. The molecular weight excluding hydrogens is 405 g/mol. The van der Waals surface area contributed by atoms with Gasteiger partial charge in [-0.2, -0.15) is 0 Å². The smallest absolute Gasteiger partial charge is 0.227 e. The minimum atomic E-state index is -3.69. The Bertz CT molecular complexity index is 643. The van der Waals surface area contributed by atoms with E-state index in [1.54, 1.807) is 0 Å². The molecule has 0 radical (unpaired) electrons. The second kappa shape index (κ2) is 5.53. The van der Waals surface area contributed by atoms with Crippen molar-refractivity contribution in [2.75, 3.05) is 17.2 Å². The number of benzene rings is 1. The van der Waals surface area contributed by atoms with Crippen molar-refractivity contribution in [3.8, 4) is 0 Å². The Hall–Kier alpha value is -0.810. The van der Waals surface area contributed by atoms with Gasteiger partial charge < -0.3 is 4.90 Å². The first kappa shape index (κ1) is 15.6. The van der Waals surface area contributed by atoms with Crippen LogP contribution in [-0.4, -0.2) is 26.6 Å². The van der Waals surface area contributed by atoms with E-state index in [0.717, 1.165) is 12.1 Å². The predicted octanol–water partition coefficient (Wildman–Crippen LogP) is 1.21. The van der Waals surface area contributed by atoms with Crippen molar-refractivity contribution in [3.05, 3.63) is 27.3 Å². The molecule has 1 fully saturated rings. The fourth-order valence-corrected chi connectivity index (χ4v) is 3.36. The number of rotatable bonds is 3. The predicted molar refractivity (Wildman–Crippen MR) is 77.5 cm³/mol. The molecule has 1 aromatic rings. The Morgan fingerprint density at radius 3 is 2.40 bits per heavy atom. The van der Waals surface area contributed by atoms with E-state index >= 15 is 0 Å². The van der Waals surface area contributed by atoms with Crippen LogP contribution >= 0.6 is 22.6 Å². The molecule has 0 aromatic heterocycles. The first-order valence-electron chi connectivity index (χ1n) is 5.63. The second-order valence-electron chi connectivity index (χ2n) is 4.63. The lowest BCUT2D eigenvalue weighted by atomic mass is 10.1. The summed E-state index contributed by atoms with van der Waals surface area (Å²) in [7, 11) is -3.69. The van der Waals surface area contributed by atoms with E-state index in [1.165, 1.54) is 27.5 Å². The maximum atomic E-state index is 13.5. The Kier molecular flexibility index (Phi) is 4.30. The number of sulfonamides is 1. The molecule has 1 aliphatic rings. The molecule has 1 atom stereocenters. The van der Waals surface area contributed by atoms with Crippen LogP contribution in [0.1, 0.15) is 6.42 Å². The third kappa shape index (κ3) is 3.44. The van der Waals surface area contributed by atoms with Gasteiger partial charge >= 0.3 is 0 Å². The van der Waals surface area contributed by atoms with Crippen LogP contribution < -0.4 is 10.0 Å². The van der Waals surface area contributed by atoms with Gasteiger partial charge in [-0.25, -0.2) is 22.3 Å². The number of primary sulfonamides is 1. The van der Waals surface area contributed by atoms with Gasteiger partial charge in [0.1, 0.15) is 11.6 Å². The fourth-order valence-electron chi connectivity index (χ4n) is 2.17. The Morgan fingerprint density at radius 1 is 1.35 bits per heavy atom. The van der Waals surface area contributed by atoms with Gasteiger partial charge in [-0.15, -0.1) is 0 Å². The van der Waals surface area contributed by atoms with Gasteiger partial charge in [-0.1, -0.05) is 0 Å². The van der Waals surface area contributed by atoms with Gasteiger partial charge in [-0.05, 0) is 34.7 Å². The van der Waals surface area contributed by atoms with Crippen molar-refractivity contribution in [2.24, 2.45) is 11.1 Å². The lowest BCUT2D eigenvalue weighted by Crippen LogP contribution is -2.27. The van der Waals surface area contributed by atoms with Crippen LogP contribution in [0, 0.1) is 21.1 Å². The number of nitrogens with two attached hydrogens (primary N) is 1. The maximum Gasteiger partial charge on any atom is 0.227 e.